The van der Waals surface area contributed by atoms with Crippen molar-refractivity contribution >= 4 is 32.4 Å². The van der Waals surface area contributed by atoms with Crippen molar-refractivity contribution < 1.29 is 19.8 Å². The zero-order valence-electron chi connectivity index (χ0n) is 6.26. The standard InChI is InChI=1S/C7H5NO4Se/c9-6(10)4-1-3(13)2-8-5(4)7(11)12/h1-2,13H,(H,9,10)(H,11,12). The normalized spacial score (nSPS) is 9.62. The summed E-state index contributed by atoms with van der Waals surface area (Å²) >= 11 is 2.09. The van der Waals surface area contributed by atoms with Crippen LogP contribution in [0.5, 0.6) is 0 Å². The second-order valence-electron chi connectivity index (χ2n) is 2.20. The molecule has 6 heteroatoms. The Morgan fingerprint density at radius 1 is 1.31 bits per heavy atom. The second kappa shape index (κ2) is 3.55. The van der Waals surface area contributed by atoms with E-state index in [1.807, 2.05) is 0 Å². The fourth-order valence-electron chi connectivity index (χ4n) is 0.787. The molecule has 0 aliphatic heterocycles. The Kier molecular flexibility index (Phi) is 2.65. The average Bonchev–Trinajstić information content (AvgIpc) is 2.03. The van der Waals surface area contributed by atoms with Crippen molar-refractivity contribution in [2.24, 2.45) is 0 Å². The molecule has 13 heavy (non-hydrogen) atoms. The van der Waals surface area contributed by atoms with Crippen molar-refractivity contribution in [2.75, 3.05) is 0 Å². The number of carbonyl (C=O) groups is 2. The van der Waals surface area contributed by atoms with Crippen LogP contribution < -0.4 is 4.46 Å². The van der Waals surface area contributed by atoms with E-state index in [-0.39, 0.29) is 5.56 Å². The third-order valence-corrected chi connectivity index (χ3v) is 1.82. The molecular formula is C7H5NO4Se. The number of pyridine rings is 1. The van der Waals surface area contributed by atoms with Crippen LogP contribution in [0.4, 0.5) is 0 Å². The molecule has 1 heterocycles. The molecule has 2 N–H and O–H groups in total. The number of carboxylic acids is 2. The topological polar surface area (TPSA) is 87.5 Å². The molecule has 1 aromatic rings. The van der Waals surface area contributed by atoms with Gasteiger partial charge in [-0.25, -0.2) is 0 Å². The van der Waals surface area contributed by atoms with E-state index in [1.165, 1.54) is 12.3 Å². The van der Waals surface area contributed by atoms with Gasteiger partial charge in [0.25, 0.3) is 0 Å². The molecule has 5 nitrogen and oxygen atoms in total. The minimum atomic E-state index is -1.34. The van der Waals surface area contributed by atoms with E-state index in [0.29, 0.717) is 4.46 Å². The van der Waals surface area contributed by atoms with Gasteiger partial charge in [-0.05, 0) is 0 Å². The average molecular weight is 246 g/mol. The summed E-state index contributed by atoms with van der Waals surface area (Å²) in [7, 11) is 0. The Morgan fingerprint density at radius 2 is 1.92 bits per heavy atom. The Hall–Kier alpha value is -1.39. The van der Waals surface area contributed by atoms with E-state index in [9.17, 15) is 9.59 Å². The second-order valence-corrected chi connectivity index (χ2v) is 3.28. The summed E-state index contributed by atoms with van der Waals surface area (Å²) in [4.78, 5) is 24.6. The predicted molar refractivity (Wildman–Crippen MR) is 44.9 cm³/mol. The first-order valence-corrected chi connectivity index (χ1v) is 4.12. The van der Waals surface area contributed by atoms with Gasteiger partial charge in [0.1, 0.15) is 0 Å². The van der Waals surface area contributed by atoms with Gasteiger partial charge in [0, 0.05) is 0 Å². The van der Waals surface area contributed by atoms with E-state index in [1.54, 1.807) is 0 Å². The molecule has 0 saturated heterocycles. The van der Waals surface area contributed by atoms with Gasteiger partial charge in [-0.2, -0.15) is 0 Å². The molecule has 0 unspecified atom stereocenters. The number of aromatic nitrogens is 1. The van der Waals surface area contributed by atoms with Gasteiger partial charge >= 0.3 is 80.7 Å². The number of hydrogen-bond acceptors (Lipinski definition) is 3. The first-order valence-electron chi connectivity index (χ1n) is 3.18. The monoisotopic (exact) mass is 247 g/mol. The van der Waals surface area contributed by atoms with Crippen LogP contribution in [0.15, 0.2) is 12.3 Å². The van der Waals surface area contributed by atoms with Crippen molar-refractivity contribution in [3.8, 4) is 0 Å². The number of nitrogens with zero attached hydrogens (tertiary/aromatic N) is 1. The van der Waals surface area contributed by atoms with Gasteiger partial charge in [-0.3, -0.25) is 0 Å². The molecule has 1 rings (SSSR count). The van der Waals surface area contributed by atoms with Gasteiger partial charge in [0.15, 0.2) is 0 Å². The SMILES string of the molecule is O=C(O)c1cc([SeH])cnc1C(=O)O. The van der Waals surface area contributed by atoms with Crippen LogP contribution in [0.2, 0.25) is 0 Å². The molecule has 1 aromatic heterocycles. The quantitative estimate of drug-likeness (QED) is 0.654. The van der Waals surface area contributed by atoms with Gasteiger partial charge < -0.3 is 0 Å². The third kappa shape index (κ3) is 2.05. The maximum absolute atomic E-state index is 10.6. The van der Waals surface area contributed by atoms with Gasteiger partial charge in [0.05, 0.1) is 0 Å². The zero-order valence-corrected chi connectivity index (χ0v) is 8.14. The molecule has 0 radical (unpaired) electrons. The predicted octanol–water partition coefficient (Wildman–Crippen LogP) is -0.996. The molecular weight excluding hydrogens is 241 g/mol. The molecule has 0 fully saturated rings. The van der Waals surface area contributed by atoms with Gasteiger partial charge in [-0.15, -0.1) is 0 Å². The van der Waals surface area contributed by atoms with Crippen LogP contribution >= 0.6 is 0 Å². The molecule has 0 aromatic carbocycles. The number of aromatic carboxylic acids is 2. The van der Waals surface area contributed by atoms with E-state index in [2.05, 4.69) is 21.0 Å². The summed E-state index contributed by atoms with van der Waals surface area (Å²) in [6.07, 6.45) is 1.29. The Balaban J connectivity index is 3.35. The number of rotatable bonds is 2. The van der Waals surface area contributed by atoms with Gasteiger partial charge in [0.2, 0.25) is 0 Å². The summed E-state index contributed by atoms with van der Waals surface area (Å²) < 4.78 is 0.551. The molecule has 0 aliphatic carbocycles. The van der Waals surface area contributed by atoms with Crippen molar-refractivity contribution in [2.45, 2.75) is 0 Å². The number of hydrogen-bond donors (Lipinski definition) is 2. The van der Waals surface area contributed by atoms with Crippen molar-refractivity contribution in [3.63, 3.8) is 0 Å². The first-order chi connectivity index (χ1) is 6.02. The first kappa shape index (κ1) is 9.70. The minimum absolute atomic E-state index is 0.300. The summed E-state index contributed by atoms with van der Waals surface area (Å²) in [5.74, 6) is -2.64. The molecule has 0 aliphatic rings. The number of carboxylic acid groups (broad SMARTS) is 2. The summed E-state index contributed by atoms with van der Waals surface area (Å²) in [5, 5.41) is 17.2. The van der Waals surface area contributed by atoms with Crippen LogP contribution in [0.3, 0.4) is 0 Å². The van der Waals surface area contributed by atoms with Crippen molar-refractivity contribution in [3.05, 3.63) is 23.5 Å². The molecule has 0 bridgehead atoms. The summed E-state index contributed by atoms with van der Waals surface area (Å²) in [5.41, 5.74) is -0.743. The van der Waals surface area contributed by atoms with E-state index in [0.717, 1.165) is 0 Å². The van der Waals surface area contributed by atoms with Crippen molar-refractivity contribution in [1.82, 2.24) is 4.98 Å². The molecule has 0 amide bonds. The molecule has 68 valence electrons. The Labute approximate surface area is 81.2 Å². The maximum atomic E-state index is 10.6. The van der Waals surface area contributed by atoms with E-state index < -0.39 is 17.6 Å². The Bertz CT molecular complexity index is 377. The zero-order chi connectivity index (χ0) is 10.0. The van der Waals surface area contributed by atoms with Crippen LogP contribution in [0.1, 0.15) is 20.8 Å². The molecule has 0 atom stereocenters. The molecule has 0 saturated carbocycles. The van der Waals surface area contributed by atoms with Gasteiger partial charge in [-0.1, -0.05) is 0 Å². The van der Waals surface area contributed by atoms with E-state index >= 15 is 0 Å². The third-order valence-electron chi connectivity index (χ3n) is 1.31. The van der Waals surface area contributed by atoms with Crippen LogP contribution in [-0.4, -0.2) is 43.1 Å². The van der Waals surface area contributed by atoms with Crippen LogP contribution in [0, 0.1) is 0 Å². The van der Waals surface area contributed by atoms with Crippen molar-refractivity contribution in [1.29, 1.82) is 0 Å². The summed E-state index contributed by atoms with van der Waals surface area (Å²) in [6.45, 7) is 0. The fourth-order valence-corrected chi connectivity index (χ4v) is 1.18. The Morgan fingerprint density at radius 3 is 2.38 bits per heavy atom. The fraction of sp³-hybridized carbons (Fsp3) is 0. The molecule has 0 spiro atoms. The van der Waals surface area contributed by atoms with Crippen LogP contribution in [-0.2, 0) is 0 Å². The van der Waals surface area contributed by atoms with E-state index in [4.69, 9.17) is 10.2 Å². The summed E-state index contributed by atoms with van der Waals surface area (Å²) in [6, 6.07) is 1.25. The van der Waals surface area contributed by atoms with Crippen LogP contribution in [0.25, 0.3) is 0 Å².